The van der Waals surface area contributed by atoms with Gasteiger partial charge in [-0.1, -0.05) is 23.7 Å². The summed E-state index contributed by atoms with van der Waals surface area (Å²) in [4.78, 5) is 4.24. The van der Waals surface area contributed by atoms with Crippen LogP contribution in [-0.4, -0.2) is 22.3 Å². The Morgan fingerprint density at radius 2 is 1.96 bits per heavy atom. The van der Waals surface area contributed by atoms with Crippen molar-refractivity contribution >= 4 is 34.7 Å². The summed E-state index contributed by atoms with van der Waals surface area (Å²) in [6.45, 7) is 0. The van der Waals surface area contributed by atoms with E-state index in [-0.39, 0.29) is 11.6 Å². The summed E-state index contributed by atoms with van der Waals surface area (Å²) < 4.78 is 18.8. The Labute approximate surface area is 142 Å². The lowest BCUT2D eigenvalue weighted by molar-refractivity contribution is 0.415. The number of rotatable bonds is 5. The van der Waals surface area contributed by atoms with E-state index in [0.29, 0.717) is 22.3 Å². The van der Waals surface area contributed by atoms with Crippen LogP contribution in [0.1, 0.15) is 0 Å². The maximum Gasteiger partial charge on any atom is 0.249 e. The lowest BCUT2D eigenvalue weighted by Gasteiger charge is -2.09. The minimum Gasteiger partial charge on any atom is -0.495 e. The van der Waals surface area contributed by atoms with Gasteiger partial charge >= 0.3 is 0 Å². The fourth-order valence-electron chi connectivity index (χ4n) is 1.99. The standard InChI is InChI=1S/C16H13ClFN5O/c1-24-14-7-6-10(8-11(14)17)20-15-9-19-23-16(22-15)21-13-5-3-2-4-12(13)18/h2-9H,1H3,(H2,20,21,22,23). The number of halogens is 2. The Morgan fingerprint density at radius 1 is 1.12 bits per heavy atom. The number of benzene rings is 2. The molecule has 0 aliphatic rings. The van der Waals surface area contributed by atoms with Gasteiger partial charge in [0.05, 0.1) is 24.0 Å². The second-order valence-electron chi connectivity index (χ2n) is 4.74. The van der Waals surface area contributed by atoms with Gasteiger partial charge in [-0.3, -0.25) is 0 Å². The second-order valence-corrected chi connectivity index (χ2v) is 5.15. The summed E-state index contributed by atoms with van der Waals surface area (Å²) in [6.07, 6.45) is 1.45. The van der Waals surface area contributed by atoms with Crippen LogP contribution in [0.5, 0.6) is 5.75 Å². The van der Waals surface area contributed by atoms with E-state index in [1.807, 2.05) is 0 Å². The van der Waals surface area contributed by atoms with Crippen LogP contribution in [0.3, 0.4) is 0 Å². The molecule has 0 saturated heterocycles. The number of ether oxygens (including phenoxy) is 1. The van der Waals surface area contributed by atoms with E-state index in [9.17, 15) is 4.39 Å². The van der Waals surface area contributed by atoms with Crippen LogP contribution in [0.4, 0.5) is 27.5 Å². The van der Waals surface area contributed by atoms with Gasteiger partial charge in [-0.25, -0.2) is 4.39 Å². The van der Waals surface area contributed by atoms with Crippen molar-refractivity contribution in [2.75, 3.05) is 17.7 Å². The Hall–Kier alpha value is -2.93. The Kier molecular flexibility index (Phi) is 4.72. The third kappa shape index (κ3) is 3.69. The largest absolute Gasteiger partial charge is 0.495 e. The summed E-state index contributed by atoms with van der Waals surface area (Å²) >= 11 is 6.08. The molecule has 1 aromatic heterocycles. The van der Waals surface area contributed by atoms with Crippen molar-refractivity contribution < 1.29 is 9.13 Å². The van der Waals surface area contributed by atoms with Crippen molar-refractivity contribution in [3.8, 4) is 5.75 Å². The van der Waals surface area contributed by atoms with Gasteiger partial charge in [-0.15, -0.1) is 5.10 Å². The van der Waals surface area contributed by atoms with Crippen molar-refractivity contribution in [2.24, 2.45) is 0 Å². The monoisotopic (exact) mass is 345 g/mol. The van der Waals surface area contributed by atoms with Gasteiger partial charge in [-0.2, -0.15) is 10.1 Å². The lowest BCUT2D eigenvalue weighted by Crippen LogP contribution is -2.03. The zero-order valence-electron chi connectivity index (χ0n) is 12.6. The molecule has 0 aliphatic heterocycles. The zero-order valence-corrected chi connectivity index (χ0v) is 13.4. The van der Waals surface area contributed by atoms with Gasteiger partial charge in [0.1, 0.15) is 11.6 Å². The van der Waals surface area contributed by atoms with E-state index in [0.717, 1.165) is 0 Å². The van der Waals surface area contributed by atoms with Gasteiger partial charge < -0.3 is 15.4 Å². The molecule has 3 rings (SSSR count). The first-order valence-corrected chi connectivity index (χ1v) is 7.35. The summed E-state index contributed by atoms with van der Waals surface area (Å²) in [5.41, 5.74) is 0.974. The van der Waals surface area contributed by atoms with Gasteiger partial charge in [0.15, 0.2) is 5.82 Å². The number of para-hydroxylation sites is 1. The first-order chi connectivity index (χ1) is 11.7. The smallest absolute Gasteiger partial charge is 0.249 e. The molecular formula is C16H13ClFN5O. The summed E-state index contributed by atoms with van der Waals surface area (Å²) in [5, 5.41) is 14.0. The SMILES string of the molecule is COc1ccc(Nc2cnnc(Nc3ccccc3F)n2)cc1Cl. The minimum atomic E-state index is -0.401. The molecule has 0 saturated carbocycles. The Balaban J connectivity index is 1.78. The molecule has 8 heteroatoms. The van der Waals surface area contributed by atoms with E-state index >= 15 is 0 Å². The molecule has 0 fully saturated rings. The molecule has 1 heterocycles. The molecule has 0 spiro atoms. The van der Waals surface area contributed by atoms with Crippen LogP contribution in [0.25, 0.3) is 0 Å². The van der Waals surface area contributed by atoms with Crippen LogP contribution < -0.4 is 15.4 Å². The molecule has 0 atom stereocenters. The average molecular weight is 346 g/mol. The summed E-state index contributed by atoms with van der Waals surface area (Å²) in [7, 11) is 1.54. The van der Waals surface area contributed by atoms with Gasteiger partial charge in [-0.05, 0) is 30.3 Å². The number of methoxy groups -OCH3 is 1. The molecule has 24 heavy (non-hydrogen) atoms. The van der Waals surface area contributed by atoms with Crippen LogP contribution >= 0.6 is 11.6 Å². The normalized spacial score (nSPS) is 10.3. The fourth-order valence-corrected chi connectivity index (χ4v) is 2.25. The van der Waals surface area contributed by atoms with Crippen molar-refractivity contribution in [3.05, 3.63) is 59.5 Å². The van der Waals surface area contributed by atoms with Crippen LogP contribution in [0.15, 0.2) is 48.7 Å². The topological polar surface area (TPSA) is 72.0 Å². The molecule has 0 aliphatic carbocycles. The maximum absolute atomic E-state index is 13.7. The first kappa shape index (κ1) is 15.9. The number of aromatic nitrogens is 3. The Morgan fingerprint density at radius 3 is 2.71 bits per heavy atom. The number of hydrogen-bond acceptors (Lipinski definition) is 6. The number of hydrogen-bond donors (Lipinski definition) is 2. The van der Waals surface area contributed by atoms with Crippen molar-refractivity contribution in [2.45, 2.75) is 0 Å². The lowest BCUT2D eigenvalue weighted by atomic mass is 10.3. The number of nitrogens with zero attached hydrogens (tertiary/aromatic N) is 3. The molecule has 2 N–H and O–H groups in total. The highest BCUT2D eigenvalue weighted by Crippen LogP contribution is 2.28. The molecule has 2 aromatic carbocycles. The van der Waals surface area contributed by atoms with Crippen molar-refractivity contribution in [3.63, 3.8) is 0 Å². The van der Waals surface area contributed by atoms with Crippen molar-refractivity contribution in [1.82, 2.24) is 15.2 Å². The van der Waals surface area contributed by atoms with Gasteiger partial charge in [0, 0.05) is 5.69 Å². The predicted molar refractivity (Wildman–Crippen MR) is 90.8 cm³/mol. The fraction of sp³-hybridized carbons (Fsp3) is 0.0625. The van der Waals surface area contributed by atoms with Gasteiger partial charge in [0.25, 0.3) is 0 Å². The summed E-state index contributed by atoms with van der Waals surface area (Å²) in [6, 6.07) is 11.5. The third-order valence-corrected chi connectivity index (χ3v) is 3.40. The molecule has 0 unspecified atom stereocenters. The van der Waals surface area contributed by atoms with Crippen molar-refractivity contribution in [1.29, 1.82) is 0 Å². The molecule has 0 amide bonds. The molecule has 122 valence electrons. The molecule has 6 nitrogen and oxygen atoms in total. The predicted octanol–water partition coefficient (Wildman–Crippen LogP) is 4.16. The maximum atomic E-state index is 13.7. The van der Waals surface area contributed by atoms with E-state index < -0.39 is 5.82 Å². The van der Waals surface area contributed by atoms with E-state index in [2.05, 4.69) is 25.8 Å². The second kappa shape index (κ2) is 7.10. The first-order valence-electron chi connectivity index (χ1n) is 6.97. The third-order valence-electron chi connectivity index (χ3n) is 3.10. The number of anilines is 4. The van der Waals surface area contributed by atoms with Crippen LogP contribution in [0.2, 0.25) is 5.02 Å². The minimum absolute atomic E-state index is 0.171. The molecule has 0 radical (unpaired) electrons. The van der Waals surface area contributed by atoms with E-state index in [1.54, 1.807) is 43.5 Å². The zero-order chi connectivity index (χ0) is 16.9. The van der Waals surface area contributed by atoms with Crippen LogP contribution in [-0.2, 0) is 0 Å². The quantitative estimate of drug-likeness (QED) is 0.723. The highest BCUT2D eigenvalue weighted by Gasteiger charge is 2.06. The van der Waals surface area contributed by atoms with Gasteiger partial charge in [0.2, 0.25) is 5.95 Å². The van der Waals surface area contributed by atoms with Crippen LogP contribution in [0, 0.1) is 5.82 Å². The van der Waals surface area contributed by atoms with E-state index in [1.165, 1.54) is 12.3 Å². The Bertz CT molecular complexity index is 861. The number of nitrogens with one attached hydrogen (secondary N) is 2. The average Bonchev–Trinajstić information content (AvgIpc) is 2.58. The molecular weight excluding hydrogens is 333 g/mol. The molecule has 3 aromatic rings. The van der Waals surface area contributed by atoms with E-state index in [4.69, 9.17) is 16.3 Å². The molecule has 0 bridgehead atoms. The summed E-state index contributed by atoms with van der Waals surface area (Å²) in [5.74, 6) is 0.779. The highest BCUT2D eigenvalue weighted by atomic mass is 35.5. The highest BCUT2D eigenvalue weighted by molar-refractivity contribution is 6.32.